The van der Waals surface area contributed by atoms with Gasteiger partial charge in [-0.1, -0.05) is 29.8 Å². The van der Waals surface area contributed by atoms with Gasteiger partial charge in [-0.2, -0.15) is 0 Å². The molecular weight excluding hydrogens is 380 g/mol. The molecule has 1 aromatic rings. The number of imide groups is 1. The Morgan fingerprint density at radius 1 is 1.27 bits per heavy atom. The summed E-state index contributed by atoms with van der Waals surface area (Å²) in [6, 6.07) is 6.82. The Hall–Kier alpha value is -1.81. The molecule has 8 nitrogen and oxygen atoms in total. The number of carboxylic acid groups (broad SMARTS) is 1. The maximum Gasteiger partial charge on any atom is 0.327 e. The molecule has 3 N–H and O–H groups in total. The van der Waals surface area contributed by atoms with Crippen molar-refractivity contribution in [3.63, 3.8) is 0 Å². The van der Waals surface area contributed by atoms with E-state index in [9.17, 15) is 14.4 Å². The summed E-state index contributed by atoms with van der Waals surface area (Å²) in [7, 11) is 3.04. The van der Waals surface area contributed by atoms with Crippen molar-refractivity contribution in [2.24, 2.45) is 5.92 Å². The van der Waals surface area contributed by atoms with Crippen molar-refractivity contribution >= 4 is 41.3 Å². The van der Waals surface area contributed by atoms with E-state index >= 15 is 0 Å². The molecule has 0 aliphatic carbocycles. The summed E-state index contributed by atoms with van der Waals surface area (Å²) >= 11 is 7.41. The topological polar surface area (TPSA) is 102 Å². The zero-order valence-corrected chi connectivity index (χ0v) is 15.8. The van der Waals surface area contributed by atoms with Crippen LogP contribution in [0.1, 0.15) is 11.7 Å². The van der Waals surface area contributed by atoms with Gasteiger partial charge in [0.2, 0.25) is 5.91 Å². The second-order valence-electron chi connectivity index (χ2n) is 6.17. The van der Waals surface area contributed by atoms with Crippen molar-refractivity contribution < 1.29 is 19.5 Å². The number of amides is 3. The second kappa shape index (κ2) is 7.43. The molecule has 1 aromatic carbocycles. The highest BCUT2D eigenvalue weighted by atomic mass is 35.5. The fourth-order valence-corrected chi connectivity index (χ4v) is 4.52. The van der Waals surface area contributed by atoms with Gasteiger partial charge in [-0.25, -0.2) is 4.79 Å². The maximum atomic E-state index is 12.7. The molecule has 0 spiro atoms. The number of halogens is 1. The minimum absolute atomic E-state index is 0.162. The SMILES string of the molecule is CN1C(=O)C2C(SCC(=O)O)NC(c3ccccc3Cl)NC2N(C)C1=O. The largest absolute Gasteiger partial charge is 0.481 e. The quantitative estimate of drug-likeness (QED) is 0.699. The normalized spacial score (nSPS) is 28.9. The molecular formula is C16H19ClN4O4S. The van der Waals surface area contributed by atoms with Crippen LogP contribution in [0.3, 0.4) is 0 Å². The van der Waals surface area contributed by atoms with Crippen LogP contribution in [0.25, 0.3) is 0 Å². The van der Waals surface area contributed by atoms with E-state index in [0.717, 1.165) is 22.2 Å². The average molecular weight is 399 g/mol. The molecule has 2 fully saturated rings. The third-order valence-corrected chi connectivity index (χ3v) is 6.11. The van der Waals surface area contributed by atoms with Gasteiger partial charge in [0.15, 0.2) is 0 Å². The number of nitrogens with one attached hydrogen (secondary N) is 2. The molecule has 0 radical (unpaired) electrons. The van der Waals surface area contributed by atoms with Crippen LogP contribution in [0.5, 0.6) is 0 Å². The maximum absolute atomic E-state index is 12.7. The van der Waals surface area contributed by atoms with Crippen molar-refractivity contribution in [1.29, 1.82) is 0 Å². The minimum Gasteiger partial charge on any atom is -0.481 e. The second-order valence-corrected chi connectivity index (χ2v) is 7.71. The first-order valence-corrected chi connectivity index (χ1v) is 9.38. The first-order chi connectivity index (χ1) is 12.3. The summed E-state index contributed by atoms with van der Waals surface area (Å²) < 4.78 is 0. The summed E-state index contributed by atoms with van der Waals surface area (Å²) in [6.07, 6.45) is -0.997. The van der Waals surface area contributed by atoms with Crippen LogP contribution in [0.2, 0.25) is 5.02 Å². The lowest BCUT2D eigenvalue weighted by Crippen LogP contribution is -2.72. The molecule has 2 saturated heterocycles. The number of hydrogen-bond donors (Lipinski definition) is 3. The van der Waals surface area contributed by atoms with Crippen LogP contribution in [0.15, 0.2) is 24.3 Å². The number of carbonyl (C=O) groups excluding carboxylic acids is 2. The Morgan fingerprint density at radius 3 is 2.62 bits per heavy atom. The van der Waals surface area contributed by atoms with Crippen molar-refractivity contribution in [2.45, 2.75) is 17.7 Å². The summed E-state index contributed by atoms with van der Waals surface area (Å²) in [5.74, 6) is -2.10. The molecule has 0 aromatic heterocycles. The highest BCUT2D eigenvalue weighted by molar-refractivity contribution is 8.00. The number of carboxylic acids is 1. The molecule has 26 heavy (non-hydrogen) atoms. The fourth-order valence-electron chi connectivity index (χ4n) is 3.25. The first kappa shape index (κ1) is 19.0. The molecule has 0 bridgehead atoms. The molecule has 4 atom stereocenters. The third-order valence-electron chi connectivity index (χ3n) is 4.56. The predicted molar refractivity (Wildman–Crippen MR) is 97.6 cm³/mol. The Bertz CT molecular complexity index is 749. The monoisotopic (exact) mass is 398 g/mol. The van der Waals surface area contributed by atoms with Gasteiger partial charge < -0.3 is 10.0 Å². The van der Waals surface area contributed by atoms with E-state index in [-0.39, 0.29) is 11.7 Å². The highest BCUT2D eigenvalue weighted by Gasteiger charge is 2.51. The van der Waals surface area contributed by atoms with E-state index in [1.165, 1.54) is 11.9 Å². The fraction of sp³-hybridized carbons (Fsp3) is 0.438. The number of nitrogens with zero attached hydrogens (tertiary/aromatic N) is 2. The number of rotatable bonds is 4. The van der Waals surface area contributed by atoms with Gasteiger partial charge in [0.1, 0.15) is 0 Å². The van der Waals surface area contributed by atoms with E-state index < -0.39 is 35.6 Å². The first-order valence-electron chi connectivity index (χ1n) is 7.95. The summed E-state index contributed by atoms with van der Waals surface area (Å²) in [5.41, 5.74) is 0.765. The number of benzene rings is 1. The van der Waals surface area contributed by atoms with Crippen LogP contribution >= 0.6 is 23.4 Å². The number of aliphatic carboxylic acids is 1. The van der Waals surface area contributed by atoms with E-state index in [1.54, 1.807) is 13.1 Å². The Labute approximate surface area is 159 Å². The van der Waals surface area contributed by atoms with Gasteiger partial charge >= 0.3 is 12.0 Å². The average Bonchev–Trinajstić information content (AvgIpc) is 2.62. The molecule has 140 valence electrons. The van der Waals surface area contributed by atoms with Crippen molar-refractivity contribution in [3.8, 4) is 0 Å². The lowest BCUT2D eigenvalue weighted by molar-refractivity contribution is -0.140. The Morgan fingerprint density at radius 2 is 1.96 bits per heavy atom. The van der Waals surface area contributed by atoms with Crippen LogP contribution in [-0.4, -0.2) is 64.2 Å². The number of hydrogen-bond acceptors (Lipinski definition) is 6. The van der Waals surface area contributed by atoms with Gasteiger partial charge in [0.25, 0.3) is 0 Å². The van der Waals surface area contributed by atoms with Crippen LogP contribution in [0, 0.1) is 5.92 Å². The molecule has 2 aliphatic rings. The van der Waals surface area contributed by atoms with E-state index in [0.29, 0.717) is 5.02 Å². The van der Waals surface area contributed by atoms with Gasteiger partial charge in [-0.3, -0.25) is 25.1 Å². The lowest BCUT2D eigenvalue weighted by Gasteiger charge is -2.50. The molecule has 4 unspecified atom stereocenters. The van der Waals surface area contributed by atoms with Gasteiger partial charge in [-0.15, -0.1) is 11.8 Å². The molecule has 2 heterocycles. The third kappa shape index (κ3) is 3.39. The minimum atomic E-state index is -0.970. The van der Waals surface area contributed by atoms with Crippen molar-refractivity contribution in [2.75, 3.05) is 19.8 Å². The number of carbonyl (C=O) groups is 3. The van der Waals surface area contributed by atoms with E-state index in [4.69, 9.17) is 16.7 Å². The molecule has 10 heteroatoms. The van der Waals surface area contributed by atoms with Crippen LogP contribution in [-0.2, 0) is 9.59 Å². The predicted octanol–water partition coefficient (Wildman–Crippen LogP) is 1.14. The molecule has 3 rings (SSSR count). The molecule has 0 saturated carbocycles. The smallest absolute Gasteiger partial charge is 0.327 e. The van der Waals surface area contributed by atoms with E-state index in [2.05, 4.69) is 10.6 Å². The van der Waals surface area contributed by atoms with Gasteiger partial charge in [0, 0.05) is 24.7 Å². The standard InChI is InChI=1S/C16H19ClN4O4S/c1-20-13-11(15(24)21(2)16(20)25)14(26-7-10(22)23)19-12(18-13)8-5-3-4-6-9(8)17/h3-6,11-14,18-19H,7H2,1-2H3,(H,22,23). The Kier molecular flexibility index (Phi) is 5.42. The van der Waals surface area contributed by atoms with Crippen LogP contribution in [0.4, 0.5) is 4.79 Å². The summed E-state index contributed by atoms with van der Waals surface area (Å²) in [5, 5.41) is 15.6. The summed E-state index contributed by atoms with van der Waals surface area (Å²) in [4.78, 5) is 38.6. The zero-order chi connectivity index (χ0) is 19.0. The zero-order valence-electron chi connectivity index (χ0n) is 14.2. The molecule has 2 aliphatic heterocycles. The molecule has 3 amide bonds. The van der Waals surface area contributed by atoms with Gasteiger partial charge in [-0.05, 0) is 6.07 Å². The number of urea groups is 1. The number of fused-ring (bicyclic) bond motifs is 1. The van der Waals surface area contributed by atoms with Crippen molar-refractivity contribution in [3.05, 3.63) is 34.9 Å². The van der Waals surface area contributed by atoms with E-state index in [1.807, 2.05) is 18.2 Å². The van der Waals surface area contributed by atoms with Crippen molar-refractivity contribution in [1.82, 2.24) is 20.4 Å². The Balaban J connectivity index is 1.95. The van der Waals surface area contributed by atoms with Crippen LogP contribution < -0.4 is 10.6 Å². The van der Waals surface area contributed by atoms with Gasteiger partial charge in [0.05, 0.1) is 29.4 Å². The summed E-state index contributed by atoms with van der Waals surface area (Å²) in [6.45, 7) is 0. The number of thioether (sulfide) groups is 1. The highest BCUT2D eigenvalue weighted by Crippen LogP contribution is 2.35. The lowest BCUT2D eigenvalue weighted by atomic mass is 9.96.